The van der Waals surface area contributed by atoms with Crippen LogP contribution >= 0.6 is 0 Å². The number of halogens is 3. The largest absolute Gasteiger partial charge is 0.416 e. The maximum atomic E-state index is 13.1. The fraction of sp³-hybridized carbons (Fsp3) is 0.625. The normalized spacial score (nSPS) is 30.5. The van der Waals surface area contributed by atoms with Gasteiger partial charge in [0.1, 0.15) is 0 Å². The van der Waals surface area contributed by atoms with Gasteiger partial charge in [0, 0.05) is 38.3 Å². The highest BCUT2D eigenvalue weighted by Gasteiger charge is 2.39. The van der Waals surface area contributed by atoms with Crippen molar-refractivity contribution in [3.05, 3.63) is 35.4 Å². The minimum Gasteiger partial charge on any atom is -0.392 e. The molecule has 22 heavy (non-hydrogen) atoms. The lowest BCUT2D eigenvalue weighted by molar-refractivity contribution is -0.138. The van der Waals surface area contributed by atoms with Gasteiger partial charge in [0.05, 0.1) is 11.7 Å². The Morgan fingerprint density at radius 3 is 2.64 bits per heavy atom. The van der Waals surface area contributed by atoms with Crippen molar-refractivity contribution >= 4 is 0 Å². The van der Waals surface area contributed by atoms with Gasteiger partial charge >= 0.3 is 6.18 Å². The molecule has 1 aromatic rings. The van der Waals surface area contributed by atoms with Crippen LogP contribution in [0.1, 0.15) is 24.5 Å². The number of hydrogen-bond donors (Lipinski definition) is 1. The van der Waals surface area contributed by atoms with Gasteiger partial charge < -0.3 is 5.11 Å². The molecule has 0 spiro atoms. The van der Waals surface area contributed by atoms with Crippen molar-refractivity contribution in [2.45, 2.75) is 44.3 Å². The van der Waals surface area contributed by atoms with Crippen LogP contribution in [0.2, 0.25) is 0 Å². The molecule has 1 N–H and O–H groups in total. The summed E-state index contributed by atoms with van der Waals surface area (Å²) in [5.74, 6) is 0. The van der Waals surface area contributed by atoms with E-state index in [2.05, 4.69) is 9.80 Å². The molecule has 2 saturated heterocycles. The molecule has 2 aliphatic heterocycles. The fourth-order valence-electron chi connectivity index (χ4n) is 3.65. The molecule has 0 amide bonds. The highest BCUT2D eigenvalue weighted by Crippen LogP contribution is 2.33. The Balaban J connectivity index is 1.76. The van der Waals surface area contributed by atoms with E-state index in [4.69, 9.17) is 0 Å². The summed E-state index contributed by atoms with van der Waals surface area (Å²) in [5, 5.41) is 9.76. The highest BCUT2D eigenvalue weighted by molar-refractivity contribution is 5.29. The second-order valence-corrected chi connectivity index (χ2v) is 6.43. The van der Waals surface area contributed by atoms with Gasteiger partial charge in [0.25, 0.3) is 0 Å². The summed E-state index contributed by atoms with van der Waals surface area (Å²) in [7, 11) is 0. The maximum absolute atomic E-state index is 13.1. The van der Waals surface area contributed by atoms with Crippen molar-refractivity contribution in [1.29, 1.82) is 0 Å². The number of fused-ring (bicyclic) bond motifs is 1. The predicted molar refractivity (Wildman–Crippen MR) is 77.3 cm³/mol. The van der Waals surface area contributed by atoms with E-state index in [1.807, 2.05) is 6.92 Å². The molecule has 6 heteroatoms. The zero-order valence-electron chi connectivity index (χ0n) is 12.6. The minimum absolute atomic E-state index is 0.183. The molecule has 0 aromatic heterocycles. The fourth-order valence-corrected chi connectivity index (χ4v) is 3.65. The highest BCUT2D eigenvalue weighted by atomic mass is 19.4. The van der Waals surface area contributed by atoms with Crippen molar-refractivity contribution in [3.8, 4) is 0 Å². The van der Waals surface area contributed by atoms with E-state index in [9.17, 15) is 18.3 Å². The average molecular weight is 314 g/mol. The van der Waals surface area contributed by atoms with Crippen LogP contribution in [0.15, 0.2) is 24.3 Å². The lowest BCUT2D eigenvalue weighted by Gasteiger charge is -2.42. The molecule has 3 nitrogen and oxygen atoms in total. The summed E-state index contributed by atoms with van der Waals surface area (Å²) in [6.07, 6.45) is -3.91. The van der Waals surface area contributed by atoms with Gasteiger partial charge in [-0.3, -0.25) is 9.80 Å². The first-order chi connectivity index (χ1) is 10.3. The summed E-state index contributed by atoms with van der Waals surface area (Å²) in [6.45, 7) is 4.54. The Morgan fingerprint density at radius 1 is 1.18 bits per heavy atom. The van der Waals surface area contributed by atoms with Crippen molar-refractivity contribution in [3.63, 3.8) is 0 Å². The van der Waals surface area contributed by atoms with E-state index in [1.54, 1.807) is 12.1 Å². The number of aliphatic hydroxyl groups is 1. The smallest absolute Gasteiger partial charge is 0.392 e. The first-order valence-corrected chi connectivity index (χ1v) is 7.66. The van der Waals surface area contributed by atoms with Crippen LogP contribution < -0.4 is 0 Å². The lowest BCUT2D eigenvalue weighted by atomic mass is 10.0. The van der Waals surface area contributed by atoms with E-state index >= 15 is 0 Å². The molecule has 1 aromatic carbocycles. The zero-order valence-corrected chi connectivity index (χ0v) is 12.6. The average Bonchev–Trinajstić information content (AvgIpc) is 2.78. The second-order valence-electron chi connectivity index (χ2n) is 6.43. The quantitative estimate of drug-likeness (QED) is 0.908. The first-order valence-electron chi connectivity index (χ1n) is 7.66. The van der Waals surface area contributed by atoms with Crippen LogP contribution in [-0.4, -0.2) is 52.7 Å². The maximum Gasteiger partial charge on any atom is 0.416 e. The minimum atomic E-state index is -4.31. The molecule has 2 heterocycles. The summed E-state index contributed by atoms with van der Waals surface area (Å²) >= 11 is 0. The van der Waals surface area contributed by atoms with Crippen LogP contribution in [0, 0.1) is 0 Å². The van der Waals surface area contributed by atoms with Crippen LogP contribution in [0.25, 0.3) is 0 Å². The van der Waals surface area contributed by atoms with Crippen molar-refractivity contribution in [2.24, 2.45) is 0 Å². The molecule has 2 fully saturated rings. The lowest BCUT2D eigenvalue weighted by Crippen LogP contribution is -2.54. The third-order valence-electron chi connectivity index (χ3n) is 4.77. The van der Waals surface area contributed by atoms with Gasteiger partial charge in [0.2, 0.25) is 0 Å². The van der Waals surface area contributed by atoms with Gasteiger partial charge in [0.15, 0.2) is 0 Å². The summed E-state index contributed by atoms with van der Waals surface area (Å²) in [4.78, 5) is 4.35. The first kappa shape index (κ1) is 15.8. The van der Waals surface area contributed by atoms with E-state index in [-0.39, 0.29) is 18.2 Å². The SMILES string of the molecule is C[C@H]1CN2C[C@H](O)C[C@@H]2CN1Cc1ccccc1C(F)(F)F. The molecular weight excluding hydrogens is 293 g/mol. The van der Waals surface area contributed by atoms with Crippen LogP contribution in [0.5, 0.6) is 0 Å². The number of benzene rings is 1. The summed E-state index contributed by atoms with van der Waals surface area (Å²) in [6, 6.07) is 6.24. The van der Waals surface area contributed by atoms with Gasteiger partial charge in [-0.15, -0.1) is 0 Å². The molecule has 0 saturated carbocycles. The van der Waals surface area contributed by atoms with E-state index in [0.29, 0.717) is 31.6 Å². The third-order valence-corrected chi connectivity index (χ3v) is 4.77. The Labute approximate surface area is 128 Å². The zero-order chi connectivity index (χ0) is 15.9. The third kappa shape index (κ3) is 3.14. The number of rotatable bonds is 2. The van der Waals surface area contributed by atoms with E-state index in [1.165, 1.54) is 6.07 Å². The molecule has 0 bridgehead atoms. The molecule has 0 unspecified atom stereocenters. The van der Waals surface area contributed by atoms with E-state index in [0.717, 1.165) is 12.6 Å². The number of nitrogens with zero attached hydrogens (tertiary/aromatic N) is 2. The Hall–Kier alpha value is -1.11. The van der Waals surface area contributed by atoms with Crippen LogP contribution in [-0.2, 0) is 12.7 Å². The number of hydrogen-bond acceptors (Lipinski definition) is 3. The van der Waals surface area contributed by atoms with Crippen molar-refractivity contribution in [2.75, 3.05) is 19.6 Å². The second kappa shape index (κ2) is 5.83. The summed E-state index contributed by atoms with van der Waals surface area (Å²) in [5.41, 5.74) is -0.218. The molecule has 0 radical (unpaired) electrons. The van der Waals surface area contributed by atoms with Gasteiger partial charge in [-0.1, -0.05) is 18.2 Å². The molecule has 122 valence electrons. The Kier molecular flexibility index (Phi) is 4.18. The standard InChI is InChI=1S/C16H21F3N2O/c1-11-7-21-10-14(22)6-13(21)9-20(11)8-12-4-2-3-5-15(12)16(17,18)19/h2-5,11,13-14,22H,6-10H2,1H3/t11-,13+,14+/m0/s1. The van der Waals surface area contributed by atoms with Crippen LogP contribution in [0.4, 0.5) is 13.2 Å². The number of aliphatic hydroxyl groups excluding tert-OH is 1. The molecule has 3 atom stereocenters. The summed E-state index contributed by atoms with van der Waals surface area (Å²) < 4.78 is 39.3. The predicted octanol–water partition coefficient (Wildman–Crippen LogP) is 2.34. The number of alkyl halides is 3. The monoisotopic (exact) mass is 314 g/mol. The van der Waals surface area contributed by atoms with Crippen molar-refractivity contribution in [1.82, 2.24) is 9.80 Å². The molecule has 0 aliphatic carbocycles. The van der Waals surface area contributed by atoms with E-state index < -0.39 is 11.7 Å². The Bertz CT molecular complexity index is 534. The van der Waals surface area contributed by atoms with Crippen molar-refractivity contribution < 1.29 is 18.3 Å². The van der Waals surface area contributed by atoms with Gasteiger partial charge in [-0.25, -0.2) is 0 Å². The molecule has 3 rings (SSSR count). The topological polar surface area (TPSA) is 26.7 Å². The van der Waals surface area contributed by atoms with Gasteiger partial charge in [-0.2, -0.15) is 13.2 Å². The Morgan fingerprint density at radius 2 is 1.91 bits per heavy atom. The van der Waals surface area contributed by atoms with Crippen LogP contribution in [0.3, 0.4) is 0 Å². The number of piperazine rings is 1. The van der Waals surface area contributed by atoms with Gasteiger partial charge in [-0.05, 0) is 25.0 Å². The molecule has 2 aliphatic rings. The molecular formula is C16H21F3N2O.